The van der Waals surface area contributed by atoms with E-state index in [2.05, 4.69) is 15.9 Å². The Bertz CT molecular complexity index is 391. The van der Waals surface area contributed by atoms with Crippen LogP contribution in [0.5, 0.6) is 0 Å². The molecule has 1 aromatic rings. The van der Waals surface area contributed by atoms with Crippen LogP contribution in [0.4, 0.5) is 10.1 Å². The van der Waals surface area contributed by atoms with Crippen molar-refractivity contribution >= 4 is 45.0 Å². The van der Waals surface area contributed by atoms with Crippen molar-refractivity contribution in [2.45, 2.75) is 4.90 Å². The van der Waals surface area contributed by atoms with Gasteiger partial charge in [-0.3, -0.25) is 10.1 Å². The summed E-state index contributed by atoms with van der Waals surface area (Å²) in [7, 11) is 0. The SMILES string of the molecule is O=[N+]([O-])c1cc(F)c(Br)cc1SCCCl. The Hall–Kier alpha value is -0.330. The smallest absolute Gasteiger partial charge is 0.258 e. The van der Waals surface area contributed by atoms with Gasteiger partial charge in [0.05, 0.1) is 20.4 Å². The summed E-state index contributed by atoms with van der Waals surface area (Å²) in [6, 6.07) is 2.30. The van der Waals surface area contributed by atoms with E-state index < -0.39 is 10.7 Å². The third-order valence-corrected chi connectivity index (χ3v) is 3.60. The molecule has 0 aliphatic carbocycles. The highest BCUT2D eigenvalue weighted by Gasteiger charge is 2.17. The van der Waals surface area contributed by atoms with Crippen LogP contribution in [0.3, 0.4) is 0 Å². The van der Waals surface area contributed by atoms with E-state index in [9.17, 15) is 14.5 Å². The lowest BCUT2D eigenvalue weighted by Crippen LogP contribution is -1.94. The molecule has 0 saturated heterocycles. The van der Waals surface area contributed by atoms with E-state index in [0.717, 1.165) is 6.07 Å². The average molecular weight is 315 g/mol. The summed E-state index contributed by atoms with van der Waals surface area (Å²) in [6.07, 6.45) is 0. The average Bonchev–Trinajstić information content (AvgIpc) is 2.19. The van der Waals surface area contributed by atoms with Crippen LogP contribution in [-0.2, 0) is 0 Å². The fraction of sp³-hybridized carbons (Fsp3) is 0.250. The van der Waals surface area contributed by atoms with Gasteiger partial charge in [0.15, 0.2) is 0 Å². The van der Waals surface area contributed by atoms with Gasteiger partial charge in [0.25, 0.3) is 5.69 Å². The zero-order valence-corrected chi connectivity index (χ0v) is 10.5. The largest absolute Gasteiger partial charge is 0.285 e. The second-order valence-corrected chi connectivity index (χ2v) is 4.90. The first-order valence-electron chi connectivity index (χ1n) is 3.88. The molecule has 0 fully saturated rings. The quantitative estimate of drug-likeness (QED) is 0.367. The first kappa shape index (κ1) is 12.7. The first-order chi connectivity index (χ1) is 7.06. The predicted molar refractivity (Wildman–Crippen MR) is 62.2 cm³/mol. The number of thioether (sulfide) groups is 1. The number of benzene rings is 1. The van der Waals surface area contributed by atoms with Crippen LogP contribution in [-0.4, -0.2) is 16.6 Å². The number of hydrogen-bond acceptors (Lipinski definition) is 3. The van der Waals surface area contributed by atoms with Gasteiger partial charge < -0.3 is 0 Å². The van der Waals surface area contributed by atoms with Gasteiger partial charge in [0, 0.05) is 11.6 Å². The molecule has 0 aliphatic heterocycles. The van der Waals surface area contributed by atoms with Crippen molar-refractivity contribution < 1.29 is 9.31 Å². The summed E-state index contributed by atoms with van der Waals surface area (Å²) < 4.78 is 13.3. The topological polar surface area (TPSA) is 43.1 Å². The number of nitro benzene ring substituents is 1. The molecule has 82 valence electrons. The van der Waals surface area contributed by atoms with Crippen molar-refractivity contribution in [3.8, 4) is 0 Å². The van der Waals surface area contributed by atoms with Crippen molar-refractivity contribution in [1.29, 1.82) is 0 Å². The maximum Gasteiger partial charge on any atom is 0.285 e. The lowest BCUT2D eigenvalue weighted by Gasteiger charge is -2.02. The minimum Gasteiger partial charge on any atom is -0.258 e. The van der Waals surface area contributed by atoms with E-state index in [1.54, 1.807) is 0 Å². The lowest BCUT2D eigenvalue weighted by atomic mass is 10.3. The van der Waals surface area contributed by atoms with Gasteiger partial charge in [-0.15, -0.1) is 23.4 Å². The third-order valence-electron chi connectivity index (χ3n) is 1.53. The van der Waals surface area contributed by atoms with Crippen LogP contribution in [0, 0.1) is 15.9 Å². The molecule has 0 N–H and O–H groups in total. The summed E-state index contributed by atoms with van der Waals surface area (Å²) >= 11 is 9.68. The van der Waals surface area contributed by atoms with Crippen molar-refractivity contribution in [2.24, 2.45) is 0 Å². The van der Waals surface area contributed by atoms with Crippen LogP contribution >= 0.6 is 39.3 Å². The van der Waals surface area contributed by atoms with Crippen molar-refractivity contribution in [1.82, 2.24) is 0 Å². The van der Waals surface area contributed by atoms with E-state index in [-0.39, 0.29) is 10.2 Å². The third kappa shape index (κ3) is 3.32. The van der Waals surface area contributed by atoms with Gasteiger partial charge >= 0.3 is 0 Å². The molecule has 1 rings (SSSR count). The Morgan fingerprint density at radius 1 is 1.60 bits per heavy atom. The Labute approximate surface area is 103 Å². The number of halogens is 3. The van der Waals surface area contributed by atoms with Crippen LogP contribution in [0.15, 0.2) is 21.5 Å². The van der Waals surface area contributed by atoms with E-state index in [4.69, 9.17) is 11.6 Å². The molecule has 1 aromatic carbocycles. The van der Waals surface area contributed by atoms with Crippen LogP contribution in [0.25, 0.3) is 0 Å². The minimum absolute atomic E-state index is 0.213. The van der Waals surface area contributed by atoms with Crippen LogP contribution in [0.2, 0.25) is 0 Å². The molecular formula is C8H6BrClFNO2S. The van der Waals surface area contributed by atoms with Crippen LogP contribution in [0.1, 0.15) is 0 Å². The summed E-state index contributed by atoms with van der Waals surface area (Å²) in [5, 5.41) is 10.6. The number of nitro groups is 1. The molecule has 0 spiro atoms. The number of rotatable bonds is 4. The minimum atomic E-state index is -0.642. The molecule has 0 amide bonds. The zero-order chi connectivity index (χ0) is 11.4. The number of hydrogen-bond donors (Lipinski definition) is 0. The highest BCUT2D eigenvalue weighted by molar-refractivity contribution is 9.10. The highest BCUT2D eigenvalue weighted by atomic mass is 79.9. The Balaban J connectivity index is 3.10. The fourth-order valence-electron chi connectivity index (χ4n) is 0.925. The van der Waals surface area contributed by atoms with E-state index in [1.807, 2.05) is 0 Å². The monoisotopic (exact) mass is 313 g/mol. The van der Waals surface area contributed by atoms with Gasteiger partial charge in [0.1, 0.15) is 5.82 Å². The molecule has 0 bridgehead atoms. The molecular weight excluding hydrogens is 309 g/mol. The van der Waals surface area contributed by atoms with Gasteiger partial charge in [-0.05, 0) is 22.0 Å². The predicted octanol–water partition coefficient (Wildman–Crippen LogP) is 3.83. The van der Waals surface area contributed by atoms with E-state index in [0.29, 0.717) is 16.5 Å². The standard InChI is InChI=1S/C8H6BrClFNO2S/c9-5-3-8(15-2-1-10)7(12(13)14)4-6(5)11/h3-4H,1-2H2. The number of alkyl halides is 1. The second kappa shape index (κ2) is 5.67. The fourth-order valence-corrected chi connectivity index (χ4v) is 2.43. The van der Waals surface area contributed by atoms with Gasteiger partial charge in [-0.2, -0.15) is 0 Å². The van der Waals surface area contributed by atoms with E-state index >= 15 is 0 Å². The van der Waals surface area contributed by atoms with Gasteiger partial charge in [0.2, 0.25) is 0 Å². The molecule has 3 nitrogen and oxygen atoms in total. The Morgan fingerprint density at radius 3 is 2.80 bits per heavy atom. The molecule has 0 unspecified atom stereocenters. The lowest BCUT2D eigenvalue weighted by molar-refractivity contribution is -0.387. The summed E-state index contributed by atoms with van der Waals surface area (Å²) in [6.45, 7) is 0. The van der Waals surface area contributed by atoms with Gasteiger partial charge in [-0.1, -0.05) is 0 Å². The van der Waals surface area contributed by atoms with E-state index in [1.165, 1.54) is 17.8 Å². The van der Waals surface area contributed by atoms with Gasteiger partial charge in [-0.25, -0.2) is 4.39 Å². The molecule has 0 heterocycles. The maximum atomic E-state index is 13.1. The second-order valence-electron chi connectivity index (χ2n) is 2.53. The summed E-state index contributed by atoms with van der Waals surface area (Å²) in [5.74, 6) is 0.286. The molecule has 7 heteroatoms. The molecule has 0 aromatic heterocycles. The first-order valence-corrected chi connectivity index (χ1v) is 6.19. The molecule has 0 aliphatic rings. The highest BCUT2D eigenvalue weighted by Crippen LogP contribution is 2.33. The molecule has 0 saturated carbocycles. The normalized spacial score (nSPS) is 10.3. The summed E-state index contributed by atoms with van der Waals surface area (Å²) in [5.41, 5.74) is -0.231. The van der Waals surface area contributed by atoms with Crippen molar-refractivity contribution in [3.63, 3.8) is 0 Å². The maximum absolute atomic E-state index is 13.1. The Morgan fingerprint density at radius 2 is 2.27 bits per heavy atom. The zero-order valence-electron chi connectivity index (χ0n) is 7.37. The number of nitrogens with zero attached hydrogens (tertiary/aromatic N) is 1. The van der Waals surface area contributed by atoms with Crippen molar-refractivity contribution in [2.75, 3.05) is 11.6 Å². The Kier molecular flexibility index (Phi) is 4.82. The van der Waals surface area contributed by atoms with Crippen molar-refractivity contribution in [3.05, 3.63) is 32.5 Å². The molecule has 15 heavy (non-hydrogen) atoms. The van der Waals surface area contributed by atoms with Crippen LogP contribution < -0.4 is 0 Å². The molecule has 0 radical (unpaired) electrons. The molecule has 0 atom stereocenters. The summed E-state index contributed by atoms with van der Waals surface area (Å²) in [4.78, 5) is 10.4.